The molecule has 3 rings (SSSR count). The van der Waals surface area contributed by atoms with Crippen molar-refractivity contribution >= 4 is 45.0 Å². The average Bonchev–Trinajstić information content (AvgIpc) is 2.69. The van der Waals surface area contributed by atoms with Gasteiger partial charge in [0.1, 0.15) is 16.0 Å². The van der Waals surface area contributed by atoms with Gasteiger partial charge in [0.05, 0.1) is 4.90 Å². The molecule has 3 N–H and O–H groups in total. The van der Waals surface area contributed by atoms with Gasteiger partial charge < -0.3 is 5.32 Å². The van der Waals surface area contributed by atoms with Crippen LogP contribution in [0.25, 0.3) is 5.57 Å². The fraction of sp³-hybridized carbons (Fsp3) is 0.357. The third-order valence-electron chi connectivity index (χ3n) is 3.76. The molecule has 0 radical (unpaired) electrons. The molecule has 0 spiro atoms. The van der Waals surface area contributed by atoms with Crippen molar-refractivity contribution < 1.29 is 0 Å². The summed E-state index contributed by atoms with van der Waals surface area (Å²) in [5, 5.41) is 19.6. The molecule has 1 fully saturated rings. The molecule has 2 aliphatic rings. The van der Waals surface area contributed by atoms with Crippen LogP contribution in [-0.2, 0) is 0 Å². The van der Waals surface area contributed by atoms with Crippen molar-refractivity contribution in [1.82, 2.24) is 4.98 Å². The minimum Gasteiger partial charge on any atom is -0.366 e. The zero-order valence-corrected chi connectivity index (χ0v) is 12.7. The predicted octanol–water partition coefficient (Wildman–Crippen LogP) is 4.12. The van der Waals surface area contributed by atoms with Crippen LogP contribution in [0.5, 0.6) is 0 Å². The van der Waals surface area contributed by atoms with E-state index in [4.69, 9.17) is 22.4 Å². The van der Waals surface area contributed by atoms with E-state index in [0.717, 1.165) is 21.8 Å². The summed E-state index contributed by atoms with van der Waals surface area (Å²) in [6.45, 7) is 1.79. The molecule has 104 valence electrons. The minimum atomic E-state index is -0.0106. The van der Waals surface area contributed by atoms with Gasteiger partial charge in [0, 0.05) is 23.4 Å². The quantitative estimate of drug-likeness (QED) is 0.736. The Kier molecular flexibility index (Phi) is 3.56. The van der Waals surface area contributed by atoms with Gasteiger partial charge in [0.25, 0.3) is 0 Å². The SMILES string of the molecule is C/C(C(=N)Cl)=C1/C(=N)Sc2c1ccnc2NC1CCC1. The van der Waals surface area contributed by atoms with Crippen LogP contribution in [-0.4, -0.2) is 21.2 Å². The molecule has 20 heavy (non-hydrogen) atoms. The molecule has 6 heteroatoms. The number of anilines is 1. The normalized spacial score (nSPS) is 20.4. The summed E-state index contributed by atoms with van der Waals surface area (Å²) in [5.41, 5.74) is 2.35. The molecule has 1 aromatic heterocycles. The first-order valence-corrected chi connectivity index (χ1v) is 7.75. The van der Waals surface area contributed by atoms with E-state index >= 15 is 0 Å². The first-order valence-electron chi connectivity index (χ1n) is 6.56. The summed E-state index contributed by atoms with van der Waals surface area (Å²) < 4.78 is 0. The Morgan fingerprint density at radius 1 is 1.50 bits per heavy atom. The molecule has 1 aliphatic carbocycles. The van der Waals surface area contributed by atoms with E-state index in [1.807, 2.05) is 6.07 Å². The molecule has 1 aliphatic heterocycles. The Balaban J connectivity index is 2.03. The summed E-state index contributed by atoms with van der Waals surface area (Å²) in [6.07, 6.45) is 5.39. The Morgan fingerprint density at radius 2 is 2.25 bits per heavy atom. The lowest BCUT2D eigenvalue weighted by atomic mass is 9.93. The maximum absolute atomic E-state index is 8.15. The van der Waals surface area contributed by atoms with Gasteiger partial charge in [-0.15, -0.1) is 0 Å². The third kappa shape index (κ3) is 2.25. The van der Waals surface area contributed by atoms with Gasteiger partial charge in [-0.25, -0.2) is 4.98 Å². The predicted molar refractivity (Wildman–Crippen MR) is 85.3 cm³/mol. The van der Waals surface area contributed by atoms with Crippen LogP contribution < -0.4 is 5.32 Å². The molecule has 0 bridgehead atoms. The number of hydrogen-bond acceptors (Lipinski definition) is 5. The van der Waals surface area contributed by atoms with Crippen LogP contribution in [0.2, 0.25) is 0 Å². The van der Waals surface area contributed by atoms with Crippen molar-refractivity contribution in [3.63, 3.8) is 0 Å². The summed E-state index contributed by atoms with van der Waals surface area (Å²) >= 11 is 7.18. The van der Waals surface area contributed by atoms with Crippen molar-refractivity contribution in [1.29, 1.82) is 10.8 Å². The van der Waals surface area contributed by atoms with E-state index in [9.17, 15) is 0 Å². The Hall–Kier alpha value is -1.33. The Labute approximate surface area is 127 Å². The number of rotatable bonds is 3. The number of aromatic nitrogens is 1. The average molecular weight is 307 g/mol. The minimum absolute atomic E-state index is 0.0106. The maximum atomic E-state index is 8.15. The highest BCUT2D eigenvalue weighted by Crippen LogP contribution is 2.45. The standard InChI is InChI=1S/C14H15ClN4S/c1-7(12(15)16)10-9-5-6-18-14(11(9)20-13(10)17)19-8-3-2-4-8/h5-6,8,16-17H,2-4H2,1H3,(H,18,19)/b10-7-,16-12?,17-13?. The molecule has 2 heterocycles. The third-order valence-corrected chi connectivity index (χ3v) is 5.06. The molecule has 0 aromatic carbocycles. The summed E-state index contributed by atoms with van der Waals surface area (Å²) in [4.78, 5) is 5.39. The molecule has 1 saturated carbocycles. The number of nitrogens with zero attached hydrogens (tertiary/aromatic N) is 1. The van der Waals surface area contributed by atoms with Crippen LogP contribution in [0, 0.1) is 10.8 Å². The number of allylic oxidation sites excluding steroid dienone is 1. The first-order chi connectivity index (χ1) is 9.58. The Morgan fingerprint density at radius 3 is 2.85 bits per heavy atom. The zero-order chi connectivity index (χ0) is 14.3. The molecule has 4 nitrogen and oxygen atoms in total. The highest BCUT2D eigenvalue weighted by molar-refractivity contribution is 8.15. The maximum Gasteiger partial charge on any atom is 0.140 e. The van der Waals surface area contributed by atoms with Gasteiger partial charge in [0.2, 0.25) is 0 Å². The van der Waals surface area contributed by atoms with Gasteiger partial charge in [-0.05, 0) is 37.8 Å². The molecule has 0 saturated heterocycles. The van der Waals surface area contributed by atoms with Crippen molar-refractivity contribution in [2.45, 2.75) is 37.1 Å². The molecule has 1 aromatic rings. The first kappa shape index (κ1) is 13.6. The monoisotopic (exact) mass is 306 g/mol. The van der Waals surface area contributed by atoms with E-state index in [0.29, 0.717) is 16.7 Å². The van der Waals surface area contributed by atoms with E-state index in [1.165, 1.54) is 31.0 Å². The van der Waals surface area contributed by atoms with Crippen LogP contribution in [0.4, 0.5) is 5.82 Å². The van der Waals surface area contributed by atoms with Gasteiger partial charge in [-0.2, -0.15) is 0 Å². The summed E-state index contributed by atoms with van der Waals surface area (Å²) in [5.74, 6) is 0.853. The number of fused-ring (bicyclic) bond motifs is 1. The van der Waals surface area contributed by atoms with E-state index in [-0.39, 0.29) is 5.17 Å². The summed E-state index contributed by atoms with van der Waals surface area (Å²) in [7, 11) is 0. The number of halogens is 1. The van der Waals surface area contributed by atoms with E-state index in [2.05, 4.69) is 10.3 Å². The van der Waals surface area contributed by atoms with Crippen molar-refractivity contribution in [2.75, 3.05) is 5.32 Å². The van der Waals surface area contributed by atoms with Gasteiger partial charge >= 0.3 is 0 Å². The lowest BCUT2D eigenvalue weighted by Gasteiger charge is -2.27. The molecular weight excluding hydrogens is 292 g/mol. The lowest BCUT2D eigenvalue weighted by Crippen LogP contribution is -2.27. The molecule has 0 amide bonds. The molecular formula is C14H15ClN4S. The Bertz CT molecular complexity index is 634. The molecule has 0 unspecified atom stereocenters. The second kappa shape index (κ2) is 5.22. The van der Waals surface area contributed by atoms with Gasteiger partial charge in [-0.3, -0.25) is 10.8 Å². The number of nitrogens with one attached hydrogen (secondary N) is 3. The number of thioether (sulfide) groups is 1. The van der Waals surface area contributed by atoms with Crippen molar-refractivity contribution in [3.05, 3.63) is 23.4 Å². The lowest BCUT2D eigenvalue weighted by molar-refractivity contribution is 0.443. The van der Waals surface area contributed by atoms with E-state index in [1.54, 1.807) is 13.1 Å². The van der Waals surface area contributed by atoms with Crippen LogP contribution in [0.15, 0.2) is 22.7 Å². The van der Waals surface area contributed by atoms with Crippen LogP contribution in [0.3, 0.4) is 0 Å². The topological polar surface area (TPSA) is 72.6 Å². The number of pyridine rings is 1. The number of hydrogen-bond donors (Lipinski definition) is 3. The zero-order valence-electron chi connectivity index (χ0n) is 11.1. The van der Waals surface area contributed by atoms with Crippen LogP contribution in [0.1, 0.15) is 31.7 Å². The fourth-order valence-electron chi connectivity index (χ4n) is 2.35. The molecule has 0 atom stereocenters. The van der Waals surface area contributed by atoms with E-state index < -0.39 is 0 Å². The van der Waals surface area contributed by atoms with Gasteiger partial charge in [-0.1, -0.05) is 23.4 Å². The largest absolute Gasteiger partial charge is 0.366 e. The highest BCUT2D eigenvalue weighted by Gasteiger charge is 2.29. The smallest absolute Gasteiger partial charge is 0.140 e. The second-order valence-electron chi connectivity index (χ2n) is 5.05. The van der Waals surface area contributed by atoms with Gasteiger partial charge in [0.15, 0.2) is 0 Å². The van der Waals surface area contributed by atoms with Crippen molar-refractivity contribution in [2.24, 2.45) is 0 Å². The summed E-state index contributed by atoms with van der Waals surface area (Å²) in [6, 6.07) is 2.40. The second-order valence-corrected chi connectivity index (χ2v) is 6.45. The fourth-order valence-corrected chi connectivity index (χ4v) is 3.51. The van der Waals surface area contributed by atoms with Crippen molar-refractivity contribution in [3.8, 4) is 0 Å². The van der Waals surface area contributed by atoms with Crippen LogP contribution >= 0.6 is 23.4 Å². The highest BCUT2D eigenvalue weighted by atomic mass is 35.5.